The maximum Gasteiger partial charge on any atom is 0.167 e. The number of carbonyl (C=O) groups excluding carboxylic acids is 1. The molecule has 2 nitrogen and oxygen atoms in total. The summed E-state index contributed by atoms with van der Waals surface area (Å²) < 4.78 is 5.24. The van der Waals surface area contributed by atoms with Crippen LogP contribution < -0.4 is 0 Å². The highest BCUT2D eigenvalue weighted by Gasteiger charge is 2.29. The SMILES string of the molecule is CCCCOC(=S)CC(=O)C1CC1. The topological polar surface area (TPSA) is 26.3 Å². The van der Waals surface area contributed by atoms with Crippen LogP contribution in [0.5, 0.6) is 0 Å². The van der Waals surface area contributed by atoms with Crippen LogP contribution in [0.15, 0.2) is 0 Å². The molecule has 0 N–H and O–H groups in total. The molecule has 0 unspecified atom stereocenters. The number of ketones is 1. The highest BCUT2D eigenvalue weighted by Crippen LogP contribution is 2.30. The first kappa shape index (κ1) is 10.6. The number of hydrogen-bond acceptors (Lipinski definition) is 3. The summed E-state index contributed by atoms with van der Waals surface area (Å²) in [6.07, 6.45) is 4.56. The van der Waals surface area contributed by atoms with Gasteiger partial charge in [0.2, 0.25) is 0 Å². The van der Waals surface area contributed by atoms with Crippen LogP contribution in [0.2, 0.25) is 0 Å². The quantitative estimate of drug-likeness (QED) is 0.487. The van der Waals surface area contributed by atoms with E-state index in [1.165, 1.54) is 0 Å². The molecule has 1 rings (SSSR count). The highest BCUT2D eigenvalue weighted by molar-refractivity contribution is 7.80. The van der Waals surface area contributed by atoms with E-state index in [9.17, 15) is 4.79 Å². The first-order valence-corrected chi connectivity index (χ1v) is 5.33. The average Bonchev–Trinajstić information content (AvgIpc) is 2.86. The third kappa shape index (κ3) is 4.36. The standard InChI is InChI=1S/C10H16O2S/c1-2-3-6-12-10(13)7-9(11)8-4-5-8/h8H,2-7H2,1H3. The molecule has 0 spiro atoms. The normalized spacial score (nSPS) is 15.5. The molecule has 0 atom stereocenters. The molecule has 0 aliphatic heterocycles. The van der Waals surface area contributed by atoms with Crippen LogP contribution in [0, 0.1) is 5.92 Å². The summed E-state index contributed by atoms with van der Waals surface area (Å²) in [6.45, 7) is 2.76. The van der Waals surface area contributed by atoms with Crippen LogP contribution in [-0.4, -0.2) is 17.4 Å². The summed E-state index contributed by atoms with van der Waals surface area (Å²) in [5.41, 5.74) is 0. The van der Waals surface area contributed by atoms with Gasteiger partial charge in [0.1, 0.15) is 5.78 Å². The predicted octanol–water partition coefficient (Wildman–Crippen LogP) is 2.50. The van der Waals surface area contributed by atoms with Gasteiger partial charge in [-0.2, -0.15) is 0 Å². The Balaban J connectivity index is 2.06. The summed E-state index contributed by atoms with van der Waals surface area (Å²) in [5.74, 6) is 0.564. The van der Waals surface area contributed by atoms with E-state index in [2.05, 4.69) is 6.92 Å². The van der Waals surface area contributed by atoms with E-state index in [0.29, 0.717) is 24.0 Å². The first-order valence-electron chi connectivity index (χ1n) is 4.92. The Morgan fingerprint density at radius 2 is 2.23 bits per heavy atom. The average molecular weight is 200 g/mol. The van der Waals surface area contributed by atoms with Crippen molar-refractivity contribution in [3.63, 3.8) is 0 Å². The molecule has 1 aliphatic rings. The van der Waals surface area contributed by atoms with Crippen molar-refractivity contribution in [3.8, 4) is 0 Å². The molecule has 0 aromatic rings. The third-order valence-corrected chi connectivity index (χ3v) is 2.37. The van der Waals surface area contributed by atoms with Crippen molar-refractivity contribution in [2.24, 2.45) is 5.92 Å². The van der Waals surface area contributed by atoms with Crippen molar-refractivity contribution in [3.05, 3.63) is 0 Å². The molecule has 74 valence electrons. The van der Waals surface area contributed by atoms with E-state index in [0.717, 1.165) is 25.7 Å². The Hall–Kier alpha value is -0.440. The summed E-state index contributed by atoms with van der Waals surface area (Å²) in [4.78, 5) is 11.3. The van der Waals surface area contributed by atoms with Crippen LogP contribution >= 0.6 is 12.2 Å². The third-order valence-electron chi connectivity index (χ3n) is 2.11. The zero-order chi connectivity index (χ0) is 9.68. The van der Waals surface area contributed by atoms with Crippen LogP contribution in [0.4, 0.5) is 0 Å². The van der Waals surface area contributed by atoms with Crippen molar-refractivity contribution in [2.45, 2.75) is 39.0 Å². The Morgan fingerprint density at radius 1 is 1.54 bits per heavy atom. The van der Waals surface area contributed by atoms with Crippen molar-refractivity contribution in [1.29, 1.82) is 0 Å². The second-order valence-corrected chi connectivity index (χ2v) is 3.95. The fourth-order valence-corrected chi connectivity index (χ4v) is 1.30. The zero-order valence-electron chi connectivity index (χ0n) is 8.04. The minimum atomic E-state index is 0.265. The summed E-state index contributed by atoms with van der Waals surface area (Å²) in [6, 6.07) is 0. The molecular formula is C10H16O2S. The van der Waals surface area contributed by atoms with Crippen molar-refractivity contribution in [1.82, 2.24) is 0 Å². The molecule has 0 aromatic carbocycles. The van der Waals surface area contributed by atoms with Crippen LogP contribution in [0.1, 0.15) is 39.0 Å². The Labute approximate surface area is 84.7 Å². The van der Waals surface area contributed by atoms with E-state index in [1.807, 2.05) is 0 Å². The van der Waals surface area contributed by atoms with Crippen LogP contribution in [0.3, 0.4) is 0 Å². The lowest BCUT2D eigenvalue weighted by Crippen LogP contribution is -2.11. The molecule has 0 bridgehead atoms. The number of ether oxygens (including phenoxy) is 1. The summed E-state index contributed by atoms with van der Waals surface area (Å²) in [7, 11) is 0. The number of Topliss-reactive ketones (excluding diaryl/α,β-unsaturated/α-hetero) is 1. The van der Waals surface area contributed by atoms with Crippen molar-refractivity contribution >= 4 is 23.1 Å². The van der Waals surface area contributed by atoms with Gasteiger partial charge >= 0.3 is 0 Å². The fraction of sp³-hybridized carbons (Fsp3) is 0.800. The lowest BCUT2D eigenvalue weighted by molar-refractivity contribution is -0.119. The molecule has 0 heterocycles. The molecule has 1 saturated carbocycles. The van der Waals surface area contributed by atoms with Gasteiger partial charge in [-0.15, -0.1) is 0 Å². The van der Waals surface area contributed by atoms with E-state index >= 15 is 0 Å². The lowest BCUT2D eigenvalue weighted by Gasteiger charge is -2.05. The number of thiocarbonyl (C=S) groups is 1. The smallest absolute Gasteiger partial charge is 0.167 e. The van der Waals surface area contributed by atoms with Crippen LogP contribution in [0.25, 0.3) is 0 Å². The molecule has 1 aliphatic carbocycles. The molecule has 0 amide bonds. The van der Waals surface area contributed by atoms with Gasteiger partial charge < -0.3 is 4.74 Å². The Morgan fingerprint density at radius 3 is 2.77 bits per heavy atom. The molecule has 1 fully saturated rings. The monoisotopic (exact) mass is 200 g/mol. The van der Waals surface area contributed by atoms with Crippen LogP contribution in [-0.2, 0) is 9.53 Å². The Bertz CT molecular complexity index is 197. The minimum absolute atomic E-state index is 0.265. The number of rotatable bonds is 6. The number of hydrogen-bond donors (Lipinski definition) is 0. The maximum atomic E-state index is 11.3. The lowest BCUT2D eigenvalue weighted by atomic mass is 10.2. The van der Waals surface area contributed by atoms with Gasteiger partial charge in [0.15, 0.2) is 5.05 Å². The molecule has 0 saturated heterocycles. The molecule has 13 heavy (non-hydrogen) atoms. The predicted molar refractivity (Wildman–Crippen MR) is 55.8 cm³/mol. The molecule has 0 aromatic heterocycles. The largest absolute Gasteiger partial charge is 0.487 e. The van der Waals surface area contributed by atoms with E-state index in [1.54, 1.807) is 0 Å². The van der Waals surface area contributed by atoms with E-state index in [-0.39, 0.29) is 5.78 Å². The minimum Gasteiger partial charge on any atom is -0.487 e. The molecule has 0 radical (unpaired) electrons. The number of unbranched alkanes of at least 4 members (excludes halogenated alkanes) is 1. The van der Waals surface area contributed by atoms with Crippen molar-refractivity contribution in [2.75, 3.05) is 6.61 Å². The zero-order valence-corrected chi connectivity index (χ0v) is 8.86. The Kier molecular flexibility index (Phi) is 4.36. The van der Waals surface area contributed by atoms with Crippen molar-refractivity contribution < 1.29 is 9.53 Å². The molecule has 3 heteroatoms. The van der Waals surface area contributed by atoms with Gasteiger partial charge in [-0.3, -0.25) is 4.79 Å². The van der Waals surface area contributed by atoms with Gasteiger partial charge in [0.25, 0.3) is 0 Å². The van der Waals surface area contributed by atoms with Gasteiger partial charge in [-0.25, -0.2) is 0 Å². The summed E-state index contributed by atoms with van der Waals surface area (Å²) in [5, 5.41) is 0.477. The second kappa shape index (κ2) is 5.32. The second-order valence-electron chi connectivity index (χ2n) is 3.49. The van der Waals surface area contributed by atoms with Gasteiger partial charge in [0, 0.05) is 5.92 Å². The fourth-order valence-electron chi connectivity index (χ4n) is 1.07. The maximum absolute atomic E-state index is 11.3. The number of carbonyl (C=O) groups is 1. The van der Waals surface area contributed by atoms with Gasteiger partial charge in [-0.05, 0) is 31.5 Å². The van der Waals surface area contributed by atoms with Gasteiger partial charge in [0.05, 0.1) is 13.0 Å². The van der Waals surface area contributed by atoms with Gasteiger partial charge in [-0.1, -0.05) is 13.3 Å². The van der Waals surface area contributed by atoms with E-state index < -0.39 is 0 Å². The van der Waals surface area contributed by atoms with E-state index in [4.69, 9.17) is 17.0 Å². The first-order chi connectivity index (χ1) is 6.24. The molecular weight excluding hydrogens is 184 g/mol. The highest BCUT2D eigenvalue weighted by atomic mass is 32.1. The summed E-state index contributed by atoms with van der Waals surface area (Å²) >= 11 is 4.95.